The number of carbonyl (C=O) groups is 2. The Labute approximate surface area is 92.2 Å². The van der Waals surface area contributed by atoms with Gasteiger partial charge < -0.3 is 8.85 Å². The number of hydrogen-bond acceptors (Lipinski definition) is 4. The Morgan fingerprint density at radius 3 is 1.53 bits per heavy atom. The lowest BCUT2D eigenvalue weighted by atomic mass is 10.4. The zero-order chi connectivity index (χ0) is 11.9. The van der Waals surface area contributed by atoms with Gasteiger partial charge in [-0.1, -0.05) is 13.8 Å². The van der Waals surface area contributed by atoms with Crippen LogP contribution in [0.25, 0.3) is 0 Å². The molecule has 0 aromatic rings. The van der Waals surface area contributed by atoms with Gasteiger partial charge in [0.1, 0.15) is 0 Å². The van der Waals surface area contributed by atoms with Crippen molar-refractivity contribution in [2.75, 3.05) is 0 Å². The van der Waals surface area contributed by atoms with Gasteiger partial charge in [-0.15, -0.1) is 0 Å². The molecule has 0 unspecified atom stereocenters. The fourth-order valence-electron chi connectivity index (χ4n) is 1.08. The third-order valence-electron chi connectivity index (χ3n) is 1.63. The van der Waals surface area contributed by atoms with E-state index in [0.717, 1.165) is 12.8 Å². The van der Waals surface area contributed by atoms with E-state index in [-0.39, 0.29) is 11.9 Å². The number of hydrogen-bond donors (Lipinski definition) is 0. The molecule has 0 radical (unpaired) electrons. The van der Waals surface area contributed by atoms with Crippen LogP contribution in [0.2, 0.25) is 13.1 Å². The van der Waals surface area contributed by atoms with Crippen molar-refractivity contribution in [2.45, 2.75) is 52.6 Å². The monoisotopic (exact) mass is 232 g/mol. The van der Waals surface area contributed by atoms with E-state index in [0.29, 0.717) is 12.8 Å². The number of rotatable bonds is 6. The minimum absolute atomic E-state index is 0.279. The highest BCUT2D eigenvalue weighted by Crippen LogP contribution is 2.10. The molecule has 0 aliphatic rings. The van der Waals surface area contributed by atoms with Crippen molar-refractivity contribution >= 4 is 20.5 Å². The van der Waals surface area contributed by atoms with Gasteiger partial charge >= 0.3 is 8.56 Å². The molecule has 0 rings (SSSR count). The van der Waals surface area contributed by atoms with Crippen LogP contribution in [-0.4, -0.2) is 20.5 Å². The van der Waals surface area contributed by atoms with E-state index < -0.39 is 8.56 Å². The minimum Gasteiger partial charge on any atom is -0.485 e. The van der Waals surface area contributed by atoms with Gasteiger partial charge in [0.05, 0.1) is 0 Å². The van der Waals surface area contributed by atoms with E-state index in [2.05, 4.69) is 0 Å². The van der Waals surface area contributed by atoms with Crippen LogP contribution in [0.15, 0.2) is 0 Å². The second kappa shape index (κ2) is 6.61. The Bertz CT molecular complexity index is 203. The lowest BCUT2D eigenvalue weighted by molar-refractivity contribution is -0.141. The average molecular weight is 232 g/mol. The van der Waals surface area contributed by atoms with Gasteiger partial charge in [-0.3, -0.25) is 9.59 Å². The SMILES string of the molecule is CCCC(=O)O[Si](C)(C)OC(=O)CCC. The standard InChI is InChI=1S/C10H20O4Si/c1-5-7-9(11)13-15(3,4)14-10(12)8-6-2/h5-8H2,1-4H3. The molecule has 0 aromatic heterocycles. The van der Waals surface area contributed by atoms with Crippen LogP contribution in [0.5, 0.6) is 0 Å². The first-order valence-corrected chi connectivity index (χ1v) is 8.16. The van der Waals surface area contributed by atoms with E-state index in [1.807, 2.05) is 13.8 Å². The van der Waals surface area contributed by atoms with E-state index in [9.17, 15) is 9.59 Å². The molecule has 5 heteroatoms. The molecule has 0 aromatic carbocycles. The van der Waals surface area contributed by atoms with E-state index in [1.165, 1.54) is 0 Å². The smallest absolute Gasteiger partial charge is 0.457 e. The van der Waals surface area contributed by atoms with Gasteiger partial charge in [-0.25, -0.2) is 0 Å². The lowest BCUT2D eigenvalue weighted by Crippen LogP contribution is -2.39. The highest BCUT2D eigenvalue weighted by molar-refractivity contribution is 6.67. The van der Waals surface area contributed by atoms with Crippen molar-refractivity contribution < 1.29 is 18.4 Å². The maximum absolute atomic E-state index is 11.2. The molecule has 0 saturated heterocycles. The summed E-state index contributed by atoms with van der Waals surface area (Å²) in [6.07, 6.45) is 2.24. The molecule has 0 bridgehead atoms. The molecule has 4 nitrogen and oxygen atoms in total. The molecular weight excluding hydrogens is 212 g/mol. The second-order valence-corrected chi connectivity index (χ2v) is 7.06. The first-order valence-electron chi connectivity index (χ1n) is 5.35. The second-order valence-electron chi connectivity index (χ2n) is 3.85. The van der Waals surface area contributed by atoms with Crippen molar-refractivity contribution in [3.05, 3.63) is 0 Å². The lowest BCUT2D eigenvalue weighted by Gasteiger charge is -2.21. The Balaban J connectivity index is 4.05. The van der Waals surface area contributed by atoms with E-state index in [4.69, 9.17) is 8.85 Å². The molecule has 0 spiro atoms. The third-order valence-corrected chi connectivity index (χ3v) is 3.07. The van der Waals surface area contributed by atoms with Crippen molar-refractivity contribution in [3.63, 3.8) is 0 Å². The molecule has 0 fully saturated rings. The van der Waals surface area contributed by atoms with E-state index >= 15 is 0 Å². The predicted molar refractivity (Wildman–Crippen MR) is 59.5 cm³/mol. The summed E-state index contributed by atoms with van der Waals surface area (Å²) in [4.78, 5) is 22.4. The summed E-state index contributed by atoms with van der Waals surface area (Å²) in [5.74, 6) is -0.558. The predicted octanol–water partition coefficient (Wildman–Crippen LogP) is 2.37. The van der Waals surface area contributed by atoms with Crippen LogP contribution >= 0.6 is 0 Å². The molecule has 15 heavy (non-hydrogen) atoms. The largest absolute Gasteiger partial charge is 0.485 e. The van der Waals surface area contributed by atoms with Crippen molar-refractivity contribution in [1.82, 2.24) is 0 Å². The number of carbonyl (C=O) groups excluding carboxylic acids is 2. The van der Waals surface area contributed by atoms with Gasteiger partial charge in [0.15, 0.2) is 0 Å². The Morgan fingerprint density at radius 2 is 1.27 bits per heavy atom. The Hall–Kier alpha value is -0.843. The van der Waals surface area contributed by atoms with Crippen LogP contribution in [-0.2, 0) is 18.4 Å². The zero-order valence-corrected chi connectivity index (χ0v) is 11.0. The topological polar surface area (TPSA) is 52.6 Å². The van der Waals surface area contributed by atoms with Crippen LogP contribution in [0.4, 0.5) is 0 Å². The van der Waals surface area contributed by atoms with Crippen molar-refractivity contribution in [3.8, 4) is 0 Å². The Morgan fingerprint density at radius 1 is 0.933 bits per heavy atom. The highest BCUT2D eigenvalue weighted by atomic mass is 28.4. The van der Waals surface area contributed by atoms with Gasteiger partial charge in [-0.05, 0) is 12.8 Å². The molecule has 0 saturated carbocycles. The third kappa shape index (κ3) is 7.13. The van der Waals surface area contributed by atoms with Crippen LogP contribution in [0.3, 0.4) is 0 Å². The summed E-state index contributed by atoms with van der Waals surface area (Å²) in [5.41, 5.74) is 0. The zero-order valence-electron chi connectivity index (χ0n) is 9.96. The summed E-state index contributed by atoms with van der Waals surface area (Å²) in [5, 5.41) is 0. The maximum atomic E-state index is 11.2. The van der Waals surface area contributed by atoms with Gasteiger partial charge in [0.2, 0.25) is 0 Å². The molecule has 0 heterocycles. The summed E-state index contributed by atoms with van der Waals surface area (Å²) >= 11 is 0. The highest BCUT2D eigenvalue weighted by Gasteiger charge is 2.32. The normalized spacial score (nSPS) is 10.9. The summed E-state index contributed by atoms with van der Waals surface area (Å²) in [6, 6.07) is 0. The Kier molecular flexibility index (Phi) is 6.23. The minimum atomic E-state index is -2.60. The molecule has 0 aliphatic heterocycles. The average Bonchev–Trinajstić information content (AvgIpc) is 2.01. The molecule has 0 N–H and O–H groups in total. The van der Waals surface area contributed by atoms with Crippen molar-refractivity contribution in [1.29, 1.82) is 0 Å². The van der Waals surface area contributed by atoms with Crippen LogP contribution in [0, 0.1) is 0 Å². The quantitative estimate of drug-likeness (QED) is 0.660. The summed E-state index contributed by atoms with van der Waals surface area (Å²) < 4.78 is 10.3. The molecular formula is C10H20O4Si. The maximum Gasteiger partial charge on any atom is 0.457 e. The molecule has 88 valence electrons. The van der Waals surface area contributed by atoms with E-state index in [1.54, 1.807) is 13.1 Å². The van der Waals surface area contributed by atoms with Crippen molar-refractivity contribution in [2.24, 2.45) is 0 Å². The first kappa shape index (κ1) is 14.2. The van der Waals surface area contributed by atoms with Gasteiger partial charge in [0.25, 0.3) is 11.9 Å². The molecule has 0 amide bonds. The fourth-order valence-corrected chi connectivity index (χ4v) is 2.42. The van der Waals surface area contributed by atoms with Crippen LogP contribution < -0.4 is 0 Å². The molecule has 0 aliphatic carbocycles. The summed E-state index contributed by atoms with van der Waals surface area (Å²) in [6.45, 7) is 7.21. The fraction of sp³-hybridized carbons (Fsp3) is 0.800. The summed E-state index contributed by atoms with van der Waals surface area (Å²) in [7, 11) is -2.60. The van der Waals surface area contributed by atoms with Gasteiger partial charge in [-0.2, -0.15) is 0 Å². The van der Waals surface area contributed by atoms with Crippen LogP contribution in [0.1, 0.15) is 39.5 Å². The first-order chi connectivity index (χ1) is 6.91. The van der Waals surface area contributed by atoms with Gasteiger partial charge in [0, 0.05) is 25.9 Å². The molecule has 0 atom stereocenters.